The standard InChI is InChI=1S/C15H12FNO/c16-13-7-3-1-6-11(13)15(17)12-9-18-14-8-4-2-5-10(12)14/h1-9,15H,17H2. The van der Waals surface area contributed by atoms with E-state index in [1.807, 2.05) is 24.3 Å². The number of para-hydroxylation sites is 1. The Labute approximate surface area is 104 Å². The Morgan fingerprint density at radius 2 is 1.67 bits per heavy atom. The van der Waals surface area contributed by atoms with E-state index in [9.17, 15) is 4.39 Å². The molecule has 0 aliphatic rings. The van der Waals surface area contributed by atoms with Crippen LogP contribution in [0.15, 0.2) is 59.2 Å². The highest BCUT2D eigenvalue weighted by Crippen LogP contribution is 2.29. The summed E-state index contributed by atoms with van der Waals surface area (Å²) in [7, 11) is 0. The summed E-state index contributed by atoms with van der Waals surface area (Å²) < 4.78 is 19.2. The molecule has 1 heterocycles. The van der Waals surface area contributed by atoms with E-state index in [0.717, 1.165) is 16.5 Å². The zero-order chi connectivity index (χ0) is 12.5. The van der Waals surface area contributed by atoms with Crippen LogP contribution in [0.2, 0.25) is 0 Å². The fourth-order valence-electron chi connectivity index (χ4n) is 2.13. The van der Waals surface area contributed by atoms with Crippen LogP contribution in [0.25, 0.3) is 11.0 Å². The largest absolute Gasteiger partial charge is 0.464 e. The number of rotatable bonds is 2. The SMILES string of the molecule is NC(c1ccccc1F)c1coc2ccccc12. The van der Waals surface area contributed by atoms with E-state index in [0.29, 0.717) is 5.56 Å². The first-order valence-corrected chi connectivity index (χ1v) is 5.73. The Morgan fingerprint density at radius 3 is 2.50 bits per heavy atom. The molecule has 3 rings (SSSR count). The number of fused-ring (bicyclic) bond motifs is 1. The monoisotopic (exact) mass is 241 g/mol. The molecule has 90 valence electrons. The summed E-state index contributed by atoms with van der Waals surface area (Å²) in [6, 6.07) is 13.6. The predicted octanol–water partition coefficient (Wildman–Crippen LogP) is 3.62. The van der Waals surface area contributed by atoms with Gasteiger partial charge in [-0.2, -0.15) is 0 Å². The molecular weight excluding hydrogens is 229 g/mol. The summed E-state index contributed by atoms with van der Waals surface area (Å²) in [4.78, 5) is 0. The van der Waals surface area contributed by atoms with Crippen molar-refractivity contribution in [2.45, 2.75) is 6.04 Å². The zero-order valence-corrected chi connectivity index (χ0v) is 9.64. The Kier molecular flexibility index (Phi) is 2.61. The molecule has 1 unspecified atom stereocenters. The second-order valence-electron chi connectivity index (χ2n) is 4.19. The van der Waals surface area contributed by atoms with Crippen LogP contribution >= 0.6 is 0 Å². The van der Waals surface area contributed by atoms with Crippen LogP contribution in [0, 0.1) is 5.82 Å². The second kappa shape index (κ2) is 4.27. The van der Waals surface area contributed by atoms with E-state index in [1.165, 1.54) is 6.07 Å². The van der Waals surface area contributed by atoms with Crippen LogP contribution in [0.5, 0.6) is 0 Å². The third-order valence-corrected chi connectivity index (χ3v) is 3.09. The van der Waals surface area contributed by atoms with Gasteiger partial charge in [-0.15, -0.1) is 0 Å². The first kappa shape index (κ1) is 11.0. The number of hydrogen-bond donors (Lipinski definition) is 1. The molecule has 0 saturated heterocycles. The molecule has 2 aromatic carbocycles. The van der Waals surface area contributed by atoms with E-state index in [-0.39, 0.29) is 5.82 Å². The smallest absolute Gasteiger partial charge is 0.134 e. The predicted molar refractivity (Wildman–Crippen MR) is 68.6 cm³/mol. The Hall–Kier alpha value is -2.13. The van der Waals surface area contributed by atoms with Crippen molar-refractivity contribution < 1.29 is 8.81 Å². The molecule has 3 heteroatoms. The molecule has 0 aliphatic carbocycles. The summed E-state index contributed by atoms with van der Waals surface area (Å²) in [5.41, 5.74) is 8.17. The molecule has 2 N–H and O–H groups in total. The van der Waals surface area contributed by atoms with Gasteiger partial charge in [-0.05, 0) is 12.1 Å². The lowest BCUT2D eigenvalue weighted by Gasteiger charge is -2.11. The van der Waals surface area contributed by atoms with Crippen LogP contribution in [0.4, 0.5) is 4.39 Å². The van der Waals surface area contributed by atoms with Crippen molar-refractivity contribution in [3.8, 4) is 0 Å². The van der Waals surface area contributed by atoms with E-state index < -0.39 is 6.04 Å². The Balaban J connectivity index is 2.13. The molecular formula is C15H12FNO. The van der Waals surface area contributed by atoms with Crippen LogP contribution in [-0.2, 0) is 0 Å². The number of halogens is 1. The van der Waals surface area contributed by atoms with Gasteiger partial charge >= 0.3 is 0 Å². The number of furan rings is 1. The minimum absolute atomic E-state index is 0.296. The van der Waals surface area contributed by atoms with Crippen molar-refractivity contribution in [3.63, 3.8) is 0 Å². The topological polar surface area (TPSA) is 39.2 Å². The third-order valence-electron chi connectivity index (χ3n) is 3.09. The van der Waals surface area contributed by atoms with Gasteiger partial charge in [0.1, 0.15) is 11.4 Å². The molecule has 0 spiro atoms. The van der Waals surface area contributed by atoms with Crippen LogP contribution in [-0.4, -0.2) is 0 Å². The molecule has 0 bridgehead atoms. The molecule has 0 aliphatic heterocycles. The summed E-state index contributed by atoms with van der Waals surface area (Å²) in [5.74, 6) is -0.296. The average Bonchev–Trinajstić information content (AvgIpc) is 2.82. The van der Waals surface area contributed by atoms with E-state index in [1.54, 1.807) is 24.5 Å². The number of nitrogens with two attached hydrogens (primary N) is 1. The highest BCUT2D eigenvalue weighted by atomic mass is 19.1. The highest BCUT2D eigenvalue weighted by Gasteiger charge is 2.17. The van der Waals surface area contributed by atoms with Gasteiger partial charge in [0.15, 0.2) is 0 Å². The summed E-state index contributed by atoms with van der Waals surface area (Å²) in [6.45, 7) is 0. The number of hydrogen-bond acceptors (Lipinski definition) is 2. The fourth-order valence-corrected chi connectivity index (χ4v) is 2.13. The second-order valence-corrected chi connectivity index (χ2v) is 4.19. The molecule has 18 heavy (non-hydrogen) atoms. The third kappa shape index (κ3) is 1.69. The van der Waals surface area contributed by atoms with Crippen molar-refractivity contribution in [2.75, 3.05) is 0 Å². The highest BCUT2D eigenvalue weighted by molar-refractivity contribution is 5.81. The summed E-state index contributed by atoms with van der Waals surface area (Å²) >= 11 is 0. The van der Waals surface area contributed by atoms with Gasteiger partial charge in [-0.3, -0.25) is 0 Å². The zero-order valence-electron chi connectivity index (χ0n) is 9.64. The molecule has 0 fully saturated rings. The van der Waals surface area contributed by atoms with Crippen LogP contribution < -0.4 is 5.73 Å². The lowest BCUT2D eigenvalue weighted by atomic mass is 9.99. The number of benzene rings is 2. The molecule has 1 aromatic heterocycles. The first-order chi connectivity index (χ1) is 8.77. The quantitative estimate of drug-likeness (QED) is 0.744. The van der Waals surface area contributed by atoms with Crippen molar-refractivity contribution in [2.24, 2.45) is 5.73 Å². The van der Waals surface area contributed by atoms with Crippen molar-refractivity contribution in [1.29, 1.82) is 0 Å². The van der Waals surface area contributed by atoms with Crippen LogP contribution in [0.3, 0.4) is 0 Å². The first-order valence-electron chi connectivity index (χ1n) is 5.73. The lowest BCUT2D eigenvalue weighted by molar-refractivity contribution is 0.589. The fraction of sp³-hybridized carbons (Fsp3) is 0.0667. The van der Waals surface area contributed by atoms with Crippen molar-refractivity contribution in [1.82, 2.24) is 0 Å². The maximum atomic E-state index is 13.7. The van der Waals surface area contributed by atoms with Gasteiger partial charge in [-0.1, -0.05) is 36.4 Å². The van der Waals surface area contributed by atoms with Crippen molar-refractivity contribution >= 4 is 11.0 Å². The summed E-state index contributed by atoms with van der Waals surface area (Å²) in [6.07, 6.45) is 1.60. The van der Waals surface area contributed by atoms with Crippen molar-refractivity contribution in [3.05, 3.63) is 71.7 Å². The molecule has 0 saturated carbocycles. The molecule has 1 atom stereocenters. The lowest BCUT2D eigenvalue weighted by Crippen LogP contribution is -2.12. The Morgan fingerprint density at radius 1 is 0.944 bits per heavy atom. The summed E-state index contributed by atoms with van der Waals surface area (Å²) in [5, 5.41) is 0.924. The van der Waals surface area contributed by atoms with Gasteiger partial charge in [0.25, 0.3) is 0 Å². The van der Waals surface area contributed by atoms with Gasteiger partial charge < -0.3 is 10.2 Å². The van der Waals surface area contributed by atoms with E-state index in [4.69, 9.17) is 10.2 Å². The van der Waals surface area contributed by atoms with Gasteiger partial charge in [0.2, 0.25) is 0 Å². The molecule has 0 radical (unpaired) electrons. The maximum Gasteiger partial charge on any atom is 0.134 e. The maximum absolute atomic E-state index is 13.7. The molecule has 0 amide bonds. The molecule has 2 nitrogen and oxygen atoms in total. The van der Waals surface area contributed by atoms with Gasteiger partial charge in [0.05, 0.1) is 12.3 Å². The minimum atomic E-state index is -0.519. The van der Waals surface area contributed by atoms with E-state index >= 15 is 0 Å². The van der Waals surface area contributed by atoms with Gasteiger partial charge in [0, 0.05) is 16.5 Å². The van der Waals surface area contributed by atoms with E-state index in [2.05, 4.69) is 0 Å². The van der Waals surface area contributed by atoms with Gasteiger partial charge in [-0.25, -0.2) is 4.39 Å². The Bertz CT molecular complexity index is 690. The van der Waals surface area contributed by atoms with Crippen LogP contribution in [0.1, 0.15) is 17.2 Å². The minimum Gasteiger partial charge on any atom is -0.464 e. The molecule has 3 aromatic rings. The normalized spacial score (nSPS) is 12.8. The average molecular weight is 241 g/mol.